The number of carbonyl (C=O) groups excluding carboxylic acids is 3. The zero-order valence-corrected chi connectivity index (χ0v) is 24.6. The lowest BCUT2D eigenvalue weighted by Gasteiger charge is -2.22. The van der Waals surface area contributed by atoms with Crippen LogP contribution >= 0.6 is 12.4 Å². The van der Waals surface area contributed by atoms with Gasteiger partial charge < -0.3 is 30.8 Å². The Labute approximate surface area is 244 Å². The summed E-state index contributed by atoms with van der Waals surface area (Å²) in [6.07, 6.45) is 4.72. The molecule has 2 aromatic heterocycles. The fraction of sp³-hybridized carbons (Fsp3) is 0.379. The van der Waals surface area contributed by atoms with Gasteiger partial charge in [0, 0.05) is 34.1 Å². The molecule has 0 bridgehead atoms. The number of carbonyl (C=O) groups is 3. The summed E-state index contributed by atoms with van der Waals surface area (Å²) in [5.41, 5.74) is 5.21. The quantitative estimate of drug-likeness (QED) is 0.217. The first kappa shape index (κ1) is 29.9. The second-order valence-electron chi connectivity index (χ2n) is 11.3. The van der Waals surface area contributed by atoms with Crippen LogP contribution in [0.15, 0.2) is 28.8 Å². The van der Waals surface area contributed by atoms with Gasteiger partial charge in [-0.25, -0.2) is 4.79 Å². The molecule has 0 spiro atoms. The number of hydrogen-bond acceptors (Lipinski definition) is 6. The average Bonchev–Trinajstić information content (AvgIpc) is 3.57. The molecule has 6 N–H and O–H groups in total. The van der Waals surface area contributed by atoms with E-state index in [4.69, 9.17) is 4.52 Å². The maximum atomic E-state index is 12.9. The van der Waals surface area contributed by atoms with Gasteiger partial charge in [0.1, 0.15) is 5.76 Å². The number of aromatic nitrogens is 2. The highest BCUT2D eigenvalue weighted by Crippen LogP contribution is 2.36. The molecular weight excluding hydrogens is 546 g/mol. The number of amides is 4. The molecule has 0 aliphatic carbocycles. The molecule has 1 aromatic carbocycles. The summed E-state index contributed by atoms with van der Waals surface area (Å²) in [6.45, 7) is 10.6. The Kier molecular flexibility index (Phi) is 8.60. The van der Waals surface area contributed by atoms with Gasteiger partial charge in [0.25, 0.3) is 5.91 Å². The SMILES string of the molecule is Cc1[nH]c(/C=C2\C(=O)Nc3cc(NC(=O)Nc4cc(C(C)(C)C)on4)ccc32)c(C)c1NC(=O)C1CCCCN1.Cl. The standard InChI is InChI=1S/C29H35N7O4.ClH/c1-15-21(31-16(2)25(15)35-27(38)20-8-6-7-11-30-20)13-19-18-10-9-17(12-22(18)33-26(19)37)32-28(39)34-24-14-23(40-36-24)29(3,4)5;/h9-10,12-14,20,30-31H,6-8,11H2,1-5H3,(H,33,37)(H,35,38)(H2,32,34,36,39);1H/b19-13-;. The number of piperidine rings is 1. The maximum absolute atomic E-state index is 12.9. The van der Waals surface area contributed by atoms with Gasteiger partial charge in [0.2, 0.25) is 5.91 Å². The van der Waals surface area contributed by atoms with Crippen molar-refractivity contribution >= 4 is 64.8 Å². The van der Waals surface area contributed by atoms with Crippen LogP contribution in [0.5, 0.6) is 0 Å². The smallest absolute Gasteiger partial charge is 0.324 e. The Balaban J connectivity index is 0.00000387. The minimum atomic E-state index is -0.482. The number of rotatable bonds is 5. The van der Waals surface area contributed by atoms with Crippen molar-refractivity contribution in [1.29, 1.82) is 0 Å². The van der Waals surface area contributed by atoms with Gasteiger partial charge >= 0.3 is 6.03 Å². The molecule has 11 nitrogen and oxygen atoms in total. The third-order valence-electron chi connectivity index (χ3n) is 7.19. The predicted molar refractivity (Wildman–Crippen MR) is 163 cm³/mol. The molecule has 218 valence electrons. The summed E-state index contributed by atoms with van der Waals surface area (Å²) >= 11 is 0. The fourth-order valence-electron chi connectivity index (χ4n) is 4.92. The van der Waals surface area contributed by atoms with Gasteiger partial charge in [-0.1, -0.05) is 38.4 Å². The number of anilines is 4. The number of nitrogens with one attached hydrogen (secondary N) is 6. The number of aryl methyl sites for hydroxylation is 1. The van der Waals surface area contributed by atoms with E-state index in [0.717, 1.165) is 48.4 Å². The van der Waals surface area contributed by atoms with Gasteiger partial charge in [-0.2, -0.15) is 0 Å². The van der Waals surface area contributed by atoms with Crippen LogP contribution in [0.25, 0.3) is 11.6 Å². The number of urea groups is 1. The number of hydrogen-bond donors (Lipinski definition) is 6. The molecule has 4 amide bonds. The first-order chi connectivity index (χ1) is 19.0. The van der Waals surface area contributed by atoms with Crippen LogP contribution in [0.4, 0.5) is 27.7 Å². The van der Waals surface area contributed by atoms with Crippen LogP contribution in [0.1, 0.15) is 68.3 Å². The van der Waals surface area contributed by atoms with Gasteiger partial charge in [-0.05, 0) is 57.0 Å². The first-order valence-corrected chi connectivity index (χ1v) is 13.5. The van der Waals surface area contributed by atoms with E-state index in [9.17, 15) is 14.4 Å². The Morgan fingerprint density at radius 1 is 1.10 bits per heavy atom. The monoisotopic (exact) mass is 581 g/mol. The highest BCUT2D eigenvalue weighted by atomic mass is 35.5. The predicted octanol–water partition coefficient (Wildman–Crippen LogP) is 5.56. The summed E-state index contributed by atoms with van der Waals surface area (Å²) in [5.74, 6) is 0.669. The Morgan fingerprint density at radius 2 is 1.88 bits per heavy atom. The van der Waals surface area contributed by atoms with Crippen LogP contribution in [0.3, 0.4) is 0 Å². The Morgan fingerprint density at radius 3 is 2.56 bits per heavy atom. The zero-order valence-electron chi connectivity index (χ0n) is 23.8. The highest BCUT2D eigenvalue weighted by Gasteiger charge is 2.27. The van der Waals surface area contributed by atoms with E-state index in [1.807, 2.05) is 34.6 Å². The van der Waals surface area contributed by atoms with E-state index in [1.54, 1.807) is 30.3 Å². The molecule has 1 unspecified atom stereocenters. The summed E-state index contributed by atoms with van der Waals surface area (Å²) < 4.78 is 5.30. The maximum Gasteiger partial charge on any atom is 0.324 e. The average molecular weight is 582 g/mol. The number of H-pyrrole nitrogens is 1. The minimum Gasteiger partial charge on any atom is -0.359 e. The van der Waals surface area contributed by atoms with Crippen molar-refractivity contribution in [1.82, 2.24) is 15.5 Å². The molecule has 3 aromatic rings. The van der Waals surface area contributed by atoms with Gasteiger partial charge in [0.15, 0.2) is 5.82 Å². The first-order valence-electron chi connectivity index (χ1n) is 13.5. The van der Waals surface area contributed by atoms with E-state index >= 15 is 0 Å². The van der Waals surface area contributed by atoms with Crippen LogP contribution in [-0.2, 0) is 15.0 Å². The molecule has 1 saturated heterocycles. The van der Waals surface area contributed by atoms with Crippen LogP contribution in [0.2, 0.25) is 0 Å². The van der Waals surface area contributed by atoms with Crippen LogP contribution in [0, 0.1) is 13.8 Å². The van der Waals surface area contributed by atoms with E-state index in [2.05, 4.69) is 36.7 Å². The molecule has 1 fully saturated rings. The van der Waals surface area contributed by atoms with Crippen molar-refractivity contribution < 1.29 is 18.9 Å². The topological polar surface area (TPSA) is 153 Å². The molecule has 2 aliphatic rings. The third kappa shape index (κ3) is 6.47. The summed E-state index contributed by atoms with van der Waals surface area (Å²) in [4.78, 5) is 41.5. The largest absolute Gasteiger partial charge is 0.359 e. The summed E-state index contributed by atoms with van der Waals surface area (Å²) in [7, 11) is 0. The molecular formula is C29H36ClN7O4. The highest BCUT2D eigenvalue weighted by molar-refractivity contribution is 6.35. The van der Waals surface area contributed by atoms with Gasteiger partial charge in [-0.15, -0.1) is 12.4 Å². The molecule has 4 heterocycles. The summed E-state index contributed by atoms with van der Waals surface area (Å²) in [5, 5.41) is 18.5. The molecule has 12 heteroatoms. The van der Waals surface area contributed by atoms with Crippen LogP contribution in [-0.4, -0.2) is 40.6 Å². The molecule has 2 aliphatic heterocycles. The van der Waals surface area contributed by atoms with Crippen molar-refractivity contribution in [3.8, 4) is 0 Å². The fourth-order valence-corrected chi connectivity index (χ4v) is 4.92. The van der Waals surface area contributed by atoms with Gasteiger partial charge in [0.05, 0.1) is 23.0 Å². The van der Waals surface area contributed by atoms with E-state index < -0.39 is 6.03 Å². The lowest BCUT2D eigenvalue weighted by molar-refractivity contribution is -0.118. The second-order valence-corrected chi connectivity index (χ2v) is 11.3. The second kappa shape index (κ2) is 11.8. The van der Waals surface area contributed by atoms with Crippen molar-refractivity contribution in [2.45, 2.75) is 65.3 Å². The van der Waals surface area contributed by atoms with Gasteiger partial charge in [-0.3, -0.25) is 14.9 Å². The lowest BCUT2D eigenvalue weighted by Crippen LogP contribution is -2.43. The van der Waals surface area contributed by atoms with E-state index in [1.165, 1.54) is 0 Å². The summed E-state index contributed by atoms with van der Waals surface area (Å²) in [6, 6.07) is 6.22. The van der Waals surface area contributed by atoms with E-state index in [-0.39, 0.29) is 35.7 Å². The normalized spacial score (nSPS) is 17.4. The number of fused-ring (bicyclic) bond motifs is 1. The Bertz CT molecular complexity index is 1510. The zero-order chi connectivity index (χ0) is 28.6. The van der Waals surface area contributed by atoms with Crippen molar-refractivity contribution in [2.24, 2.45) is 0 Å². The molecule has 41 heavy (non-hydrogen) atoms. The number of nitrogens with zero attached hydrogens (tertiary/aromatic N) is 1. The number of halogens is 1. The van der Waals surface area contributed by atoms with Crippen molar-refractivity contribution in [3.63, 3.8) is 0 Å². The van der Waals surface area contributed by atoms with Crippen molar-refractivity contribution in [2.75, 3.05) is 27.8 Å². The molecule has 0 saturated carbocycles. The van der Waals surface area contributed by atoms with E-state index in [0.29, 0.717) is 34.1 Å². The lowest BCUT2D eigenvalue weighted by atomic mass is 9.93. The third-order valence-corrected chi connectivity index (χ3v) is 7.19. The molecule has 1 atom stereocenters. The Hall–Kier alpha value is -4.09. The number of benzene rings is 1. The molecule has 0 radical (unpaired) electrons. The molecule has 5 rings (SSSR count). The van der Waals surface area contributed by atoms with Crippen LogP contribution < -0.4 is 26.6 Å². The minimum absolute atomic E-state index is 0. The number of aromatic amines is 1. The van der Waals surface area contributed by atoms with Crippen molar-refractivity contribution in [3.05, 3.63) is 52.5 Å².